The smallest absolute Gasteiger partial charge is 0.257 e. The fourth-order valence-electron chi connectivity index (χ4n) is 1.85. The fraction of sp³-hybridized carbons (Fsp3) is 0. The summed E-state index contributed by atoms with van der Waals surface area (Å²) in [4.78, 5) is 12.4. The Labute approximate surface area is 137 Å². The van der Waals surface area contributed by atoms with Gasteiger partial charge in [0.15, 0.2) is 0 Å². The van der Waals surface area contributed by atoms with E-state index in [2.05, 4.69) is 30.0 Å². The van der Waals surface area contributed by atoms with Gasteiger partial charge in [-0.05, 0) is 30.3 Å². The third kappa shape index (κ3) is 2.72. The first-order valence-corrected chi connectivity index (χ1v) is 7.73. The number of fused-ring (bicyclic) bond motifs is 1. The molecule has 0 bridgehead atoms. The number of hydrogen-bond acceptors (Lipinski definition) is 5. The van der Waals surface area contributed by atoms with E-state index in [4.69, 9.17) is 17.3 Å². The predicted octanol–water partition coefficient (Wildman–Crippen LogP) is 3.94. The molecule has 0 atom stereocenters. The lowest BCUT2D eigenvalue weighted by molar-refractivity contribution is 0.102. The molecule has 3 aromatic rings. The van der Waals surface area contributed by atoms with Crippen LogP contribution >= 0.6 is 39.3 Å². The minimum atomic E-state index is -0.351. The van der Waals surface area contributed by atoms with E-state index >= 15 is 0 Å². The second-order valence-electron chi connectivity index (χ2n) is 4.24. The van der Waals surface area contributed by atoms with E-state index in [-0.39, 0.29) is 5.91 Å². The lowest BCUT2D eigenvalue weighted by atomic mass is 10.1. The lowest BCUT2D eigenvalue weighted by Crippen LogP contribution is -2.14. The van der Waals surface area contributed by atoms with E-state index < -0.39 is 0 Å². The quantitative estimate of drug-likeness (QED) is 0.657. The maximum atomic E-state index is 12.4. The summed E-state index contributed by atoms with van der Waals surface area (Å²) >= 11 is 10.5. The van der Waals surface area contributed by atoms with Crippen LogP contribution in [-0.4, -0.2) is 14.7 Å². The molecule has 2 aromatic carbocycles. The van der Waals surface area contributed by atoms with E-state index in [0.717, 1.165) is 16.2 Å². The number of nitrogen functional groups attached to an aromatic ring is 1. The zero-order valence-electron chi connectivity index (χ0n) is 10.4. The van der Waals surface area contributed by atoms with Crippen molar-refractivity contribution in [1.29, 1.82) is 0 Å². The number of benzene rings is 2. The van der Waals surface area contributed by atoms with Crippen molar-refractivity contribution in [1.82, 2.24) is 8.75 Å². The molecule has 0 saturated carbocycles. The summed E-state index contributed by atoms with van der Waals surface area (Å²) in [5, 5.41) is 3.16. The van der Waals surface area contributed by atoms with Gasteiger partial charge in [0.1, 0.15) is 11.0 Å². The van der Waals surface area contributed by atoms with Crippen LogP contribution in [0.5, 0.6) is 0 Å². The topological polar surface area (TPSA) is 80.9 Å². The molecule has 0 aliphatic rings. The molecule has 3 rings (SSSR count). The summed E-state index contributed by atoms with van der Waals surface area (Å²) in [6.07, 6.45) is 0. The number of rotatable bonds is 2. The van der Waals surface area contributed by atoms with Crippen LogP contribution in [0.4, 0.5) is 11.4 Å². The van der Waals surface area contributed by atoms with Gasteiger partial charge < -0.3 is 11.1 Å². The Hall–Kier alpha value is -1.70. The summed E-state index contributed by atoms with van der Waals surface area (Å²) in [5.41, 5.74) is 8.26. The summed E-state index contributed by atoms with van der Waals surface area (Å²) in [7, 11) is 0. The Morgan fingerprint density at radius 3 is 2.90 bits per heavy atom. The van der Waals surface area contributed by atoms with Gasteiger partial charge in [-0.2, -0.15) is 8.75 Å². The molecule has 8 heteroatoms. The third-order valence-corrected chi connectivity index (χ3v) is 4.23. The monoisotopic (exact) mass is 382 g/mol. The van der Waals surface area contributed by atoms with Gasteiger partial charge in [-0.25, -0.2) is 0 Å². The SMILES string of the molecule is Nc1ccc(Br)cc1C(=O)Nc1c(Cl)ccc2nsnc12. The summed E-state index contributed by atoms with van der Waals surface area (Å²) in [6, 6.07) is 8.50. The van der Waals surface area contributed by atoms with Crippen LogP contribution in [0, 0.1) is 0 Å². The number of carbonyl (C=O) groups is 1. The highest BCUT2D eigenvalue weighted by atomic mass is 79.9. The predicted molar refractivity (Wildman–Crippen MR) is 88.9 cm³/mol. The molecule has 0 radical (unpaired) electrons. The maximum absolute atomic E-state index is 12.4. The molecule has 5 nitrogen and oxygen atoms in total. The average Bonchev–Trinajstić information content (AvgIpc) is 2.93. The number of nitrogens with one attached hydrogen (secondary N) is 1. The summed E-state index contributed by atoms with van der Waals surface area (Å²) < 4.78 is 9.04. The van der Waals surface area contributed by atoms with Crippen molar-refractivity contribution in [3.63, 3.8) is 0 Å². The Bertz CT molecular complexity index is 851. The van der Waals surface area contributed by atoms with Gasteiger partial charge in [-0.15, -0.1) is 0 Å². The van der Waals surface area contributed by atoms with Crippen molar-refractivity contribution < 1.29 is 4.79 Å². The first-order valence-electron chi connectivity index (χ1n) is 5.83. The van der Waals surface area contributed by atoms with E-state index in [1.54, 1.807) is 30.3 Å². The highest BCUT2D eigenvalue weighted by Crippen LogP contribution is 2.31. The normalized spacial score (nSPS) is 10.8. The number of aromatic nitrogens is 2. The zero-order chi connectivity index (χ0) is 15.0. The van der Waals surface area contributed by atoms with Crippen molar-refractivity contribution in [2.45, 2.75) is 0 Å². The number of carbonyl (C=O) groups excluding carboxylic acids is 1. The average molecular weight is 384 g/mol. The largest absolute Gasteiger partial charge is 0.398 e. The van der Waals surface area contributed by atoms with E-state index in [1.165, 1.54) is 0 Å². The van der Waals surface area contributed by atoms with Gasteiger partial charge in [0.05, 0.1) is 28.0 Å². The number of halogens is 2. The molecular formula is C13H8BrClN4OS. The Morgan fingerprint density at radius 2 is 2.10 bits per heavy atom. The van der Waals surface area contributed by atoms with Crippen LogP contribution in [0.2, 0.25) is 5.02 Å². The second-order valence-corrected chi connectivity index (χ2v) is 6.09. The van der Waals surface area contributed by atoms with E-state index in [9.17, 15) is 4.79 Å². The Balaban J connectivity index is 2.02. The first-order chi connectivity index (χ1) is 10.1. The number of anilines is 2. The van der Waals surface area contributed by atoms with Gasteiger partial charge in [0.25, 0.3) is 5.91 Å². The second kappa shape index (κ2) is 5.59. The molecule has 106 valence electrons. The van der Waals surface area contributed by atoms with Gasteiger partial charge in [0, 0.05) is 10.2 Å². The minimum absolute atomic E-state index is 0.351. The molecule has 21 heavy (non-hydrogen) atoms. The van der Waals surface area contributed by atoms with Crippen LogP contribution in [0.25, 0.3) is 11.0 Å². The number of amides is 1. The van der Waals surface area contributed by atoms with Crippen molar-refractivity contribution >= 4 is 67.6 Å². The van der Waals surface area contributed by atoms with Gasteiger partial charge >= 0.3 is 0 Å². The molecule has 0 saturated heterocycles. The molecule has 0 fully saturated rings. The van der Waals surface area contributed by atoms with Crippen LogP contribution in [-0.2, 0) is 0 Å². The molecular weight excluding hydrogens is 376 g/mol. The van der Waals surface area contributed by atoms with Crippen LogP contribution in [0.15, 0.2) is 34.8 Å². The highest BCUT2D eigenvalue weighted by Gasteiger charge is 2.16. The van der Waals surface area contributed by atoms with Gasteiger partial charge in [-0.1, -0.05) is 27.5 Å². The number of nitrogens with two attached hydrogens (primary N) is 1. The summed E-state index contributed by atoms with van der Waals surface area (Å²) in [5.74, 6) is -0.351. The molecule has 1 aromatic heterocycles. The van der Waals surface area contributed by atoms with E-state index in [0.29, 0.717) is 33.0 Å². The Kier molecular flexibility index (Phi) is 3.79. The van der Waals surface area contributed by atoms with Crippen LogP contribution in [0.3, 0.4) is 0 Å². The van der Waals surface area contributed by atoms with E-state index in [1.807, 2.05) is 0 Å². The fourth-order valence-corrected chi connectivity index (χ4v) is 2.96. The zero-order valence-corrected chi connectivity index (χ0v) is 13.6. The van der Waals surface area contributed by atoms with Crippen LogP contribution < -0.4 is 11.1 Å². The van der Waals surface area contributed by atoms with Crippen LogP contribution in [0.1, 0.15) is 10.4 Å². The molecule has 3 N–H and O–H groups in total. The lowest BCUT2D eigenvalue weighted by Gasteiger charge is -2.09. The highest BCUT2D eigenvalue weighted by molar-refractivity contribution is 9.10. The number of nitrogens with zero attached hydrogens (tertiary/aromatic N) is 2. The molecule has 1 heterocycles. The minimum Gasteiger partial charge on any atom is -0.398 e. The molecule has 0 aliphatic heterocycles. The van der Waals surface area contributed by atoms with Crippen molar-refractivity contribution in [3.05, 3.63) is 45.4 Å². The van der Waals surface area contributed by atoms with Gasteiger partial charge in [0.2, 0.25) is 0 Å². The third-order valence-electron chi connectivity index (χ3n) is 2.88. The molecule has 0 spiro atoms. The standard InChI is InChI=1S/C13H8BrClN4OS/c14-6-1-3-9(16)7(5-6)13(20)17-11-8(15)2-4-10-12(11)19-21-18-10/h1-5H,16H2,(H,17,20). The van der Waals surface area contributed by atoms with Gasteiger partial charge in [-0.3, -0.25) is 4.79 Å². The first kappa shape index (κ1) is 14.2. The molecule has 1 amide bonds. The molecule has 0 aliphatic carbocycles. The van der Waals surface area contributed by atoms with Crippen molar-refractivity contribution in [2.24, 2.45) is 0 Å². The summed E-state index contributed by atoms with van der Waals surface area (Å²) in [6.45, 7) is 0. The number of hydrogen-bond donors (Lipinski definition) is 2. The molecule has 0 unspecified atom stereocenters. The van der Waals surface area contributed by atoms with Crippen molar-refractivity contribution in [2.75, 3.05) is 11.1 Å². The maximum Gasteiger partial charge on any atom is 0.257 e. The van der Waals surface area contributed by atoms with Crippen molar-refractivity contribution in [3.8, 4) is 0 Å². The Morgan fingerprint density at radius 1 is 1.29 bits per heavy atom.